The Morgan fingerprint density at radius 2 is 2.00 bits per heavy atom. The molecule has 0 aromatic carbocycles. The third-order valence-corrected chi connectivity index (χ3v) is 6.43. The number of nitrogens with zero attached hydrogens (tertiary/aromatic N) is 2. The number of carbonyl (C=O) groups is 1. The highest BCUT2D eigenvalue weighted by molar-refractivity contribution is 5.94. The molecule has 138 valence electrons. The van der Waals surface area contributed by atoms with E-state index in [-0.39, 0.29) is 11.3 Å². The van der Waals surface area contributed by atoms with Gasteiger partial charge in [-0.15, -0.1) is 0 Å². The fraction of sp³-hybridized carbons (Fsp3) is 0.800. The summed E-state index contributed by atoms with van der Waals surface area (Å²) in [5.41, 5.74) is 1.87. The number of rotatable bonds is 2. The van der Waals surface area contributed by atoms with Crippen LogP contribution >= 0.6 is 0 Å². The predicted octanol–water partition coefficient (Wildman–Crippen LogP) is 3.47. The van der Waals surface area contributed by atoms with Crippen LogP contribution in [0.25, 0.3) is 0 Å². The van der Waals surface area contributed by atoms with E-state index in [9.17, 15) is 4.79 Å². The van der Waals surface area contributed by atoms with E-state index < -0.39 is 0 Å². The average molecular weight is 346 g/mol. The van der Waals surface area contributed by atoms with E-state index in [0.29, 0.717) is 17.5 Å². The van der Waals surface area contributed by atoms with Crippen molar-refractivity contribution in [3.8, 4) is 0 Å². The van der Waals surface area contributed by atoms with Gasteiger partial charge < -0.3 is 14.2 Å². The summed E-state index contributed by atoms with van der Waals surface area (Å²) in [6, 6.07) is 0. The van der Waals surface area contributed by atoms with Crippen molar-refractivity contribution in [3.63, 3.8) is 0 Å². The summed E-state index contributed by atoms with van der Waals surface area (Å²) in [7, 11) is 0. The first-order valence-corrected chi connectivity index (χ1v) is 9.88. The van der Waals surface area contributed by atoms with Gasteiger partial charge in [-0.3, -0.25) is 4.79 Å². The standard InChI is InChI=1S/C20H30N2O3/c1-20(2)8-5-17-16(12-20)18(21-25-17)19(23)22-9-3-4-15(13-22)14-6-10-24-11-7-14/h14-15H,3-13H2,1-2H3. The minimum Gasteiger partial charge on any atom is -0.381 e. The Labute approximate surface area is 150 Å². The zero-order valence-corrected chi connectivity index (χ0v) is 15.6. The molecule has 1 aromatic heterocycles. The van der Waals surface area contributed by atoms with Crippen molar-refractivity contribution < 1.29 is 14.1 Å². The molecule has 1 aliphatic carbocycles. The molecule has 4 rings (SSSR count). The van der Waals surface area contributed by atoms with Crippen LogP contribution in [0.5, 0.6) is 0 Å². The Bertz CT molecular complexity index is 631. The van der Waals surface area contributed by atoms with Crippen LogP contribution in [0, 0.1) is 17.3 Å². The van der Waals surface area contributed by atoms with Gasteiger partial charge in [0, 0.05) is 38.3 Å². The Morgan fingerprint density at radius 3 is 2.80 bits per heavy atom. The third-order valence-electron chi connectivity index (χ3n) is 6.43. The zero-order valence-electron chi connectivity index (χ0n) is 15.6. The van der Waals surface area contributed by atoms with Crippen molar-refractivity contribution in [2.24, 2.45) is 17.3 Å². The van der Waals surface area contributed by atoms with Gasteiger partial charge in [0.15, 0.2) is 5.69 Å². The maximum atomic E-state index is 13.2. The largest absolute Gasteiger partial charge is 0.381 e. The van der Waals surface area contributed by atoms with Gasteiger partial charge in [-0.2, -0.15) is 0 Å². The minimum atomic E-state index is 0.0828. The molecule has 1 amide bonds. The topological polar surface area (TPSA) is 55.6 Å². The van der Waals surface area contributed by atoms with Crippen molar-refractivity contribution in [1.82, 2.24) is 10.1 Å². The van der Waals surface area contributed by atoms with Gasteiger partial charge in [-0.05, 0) is 55.8 Å². The quantitative estimate of drug-likeness (QED) is 0.823. The lowest BCUT2D eigenvalue weighted by molar-refractivity contribution is 0.0249. The molecule has 0 bridgehead atoms. The molecule has 2 saturated heterocycles. The number of ether oxygens (including phenoxy) is 1. The number of carbonyl (C=O) groups excluding carboxylic acids is 1. The number of hydrogen-bond acceptors (Lipinski definition) is 4. The number of hydrogen-bond donors (Lipinski definition) is 0. The summed E-state index contributed by atoms with van der Waals surface area (Å²) in [6.45, 7) is 8.00. The molecule has 0 radical (unpaired) electrons. The van der Waals surface area contributed by atoms with Gasteiger partial charge in [0.25, 0.3) is 5.91 Å². The smallest absolute Gasteiger partial charge is 0.276 e. The molecule has 0 saturated carbocycles. The van der Waals surface area contributed by atoms with Gasteiger partial charge in [0.2, 0.25) is 0 Å². The van der Waals surface area contributed by atoms with Crippen molar-refractivity contribution >= 4 is 5.91 Å². The van der Waals surface area contributed by atoms with Gasteiger partial charge in [-0.1, -0.05) is 19.0 Å². The van der Waals surface area contributed by atoms with E-state index in [2.05, 4.69) is 19.0 Å². The Morgan fingerprint density at radius 1 is 1.20 bits per heavy atom. The van der Waals surface area contributed by atoms with E-state index >= 15 is 0 Å². The average Bonchev–Trinajstić information content (AvgIpc) is 3.03. The highest BCUT2D eigenvalue weighted by atomic mass is 16.5. The molecule has 2 aliphatic heterocycles. The van der Waals surface area contributed by atoms with Crippen molar-refractivity contribution in [1.29, 1.82) is 0 Å². The second-order valence-electron chi connectivity index (χ2n) is 8.88. The summed E-state index contributed by atoms with van der Waals surface area (Å²) < 4.78 is 11.0. The first-order valence-electron chi connectivity index (χ1n) is 9.88. The minimum absolute atomic E-state index is 0.0828. The molecule has 1 unspecified atom stereocenters. The first-order chi connectivity index (χ1) is 12.0. The predicted molar refractivity (Wildman–Crippen MR) is 94.5 cm³/mol. The number of amides is 1. The van der Waals surface area contributed by atoms with Crippen LogP contribution in [-0.2, 0) is 17.6 Å². The number of aryl methyl sites for hydroxylation is 1. The first kappa shape index (κ1) is 17.1. The van der Waals surface area contributed by atoms with Gasteiger partial charge in [0.05, 0.1) is 0 Å². The van der Waals surface area contributed by atoms with Crippen molar-refractivity contribution in [3.05, 3.63) is 17.0 Å². The molecule has 1 atom stereocenters. The van der Waals surface area contributed by atoms with Crippen molar-refractivity contribution in [2.75, 3.05) is 26.3 Å². The number of fused-ring (bicyclic) bond motifs is 1. The van der Waals surface area contributed by atoms with Gasteiger partial charge in [0.1, 0.15) is 5.76 Å². The lowest BCUT2D eigenvalue weighted by Gasteiger charge is -2.38. The summed E-state index contributed by atoms with van der Waals surface area (Å²) in [5.74, 6) is 2.33. The molecular formula is C20H30N2O3. The maximum Gasteiger partial charge on any atom is 0.276 e. The molecule has 3 aliphatic rings. The number of piperidine rings is 1. The van der Waals surface area contributed by atoms with E-state index in [1.807, 2.05) is 4.90 Å². The second kappa shape index (κ2) is 6.75. The second-order valence-corrected chi connectivity index (χ2v) is 8.88. The fourth-order valence-electron chi connectivity index (χ4n) is 4.83. The van der Waals surface area contributed by atoms with E-state index in [4.69, 9.17) is 9.26 Å². The monoisotopic (exact) mass is 346 g/mol. The molecule has 5 heteroatoms. The molecule has 0 spiro atoms. The molecule has 3 heterocycles. The van der Waals surface area contributed by atoms with Crippen LogP contribution in [-0.4, -0.2) is 42.3 Å². The van der Waals surface area contributed by atoms with Crippen LogP contribution in [0.15, 0.2) is 4.52 Å². The molecule has 5 nitrogen and oxygen atoms in total. The summed E-state index contributed by atoms with van der Waals surface area (Å²) >= 11 is 0. The van der Waals surface area contributed by atoms with Crippen LogP contribution in [0.3, 0.4) is 0 Å². The Kier molecular flexibility index (Phi) is 4.61. The highest BCUT2D eigenvalue weighted by Crippen LogP contribution is 2.37. The highest BCUT2D eigenvalue weighted by Gasteiger charge is 2.36. The van der Waals surface area contributed by atoms with Crippen molar-refractivity contribution in [2.45, 2.75) is 58.8 Å². The normalized spacial score (nSPS) is 27.1. The van der Waals surface area contributed by atoms with E-state index in [1.54, 1.807) is 0 Å². The summed E-state index contributed by atoms with van der Waals surface area (Å²) in [4.78, 5) is 15.2. The van der Waals surface area contributed by atoms with Crippen LogP contribution in [0.1, 0.15) is 67.8 Å². The SMILES string of the molecule is CC1(C)CCc2onc(C(=O)N3CCCC(C4CCOCC4)C3)c2C1. The molecular weight excluding hydrogens is 316 g/mol. The van der Waals surface area contributed by atoms with Crippen LogP contribution in [0.2, 0.25) is 0 Å². The fourth-order valence-corrected chi connectivity index (χ4v) is 4.83. The lowest BCUT2D eigenvalue weighted by atomic mass is 9.76. The zero-order chi connectivity index (χ0) is 17.4. The van der Waals surface area contributed by atoms with E-state index in [1.165, 1.54) is 6.42 Å². The van der Waals surface area contributed by atoms with Gasteiger partial charge in [-0.25, -0.2) is 0 Å². The molecule has 2 fully saturated rings. The number of likely N-dealkylation sites (tertiary alicyclic amines) is 1. The van der Waals surface area contributed by atoms with Gasteiger partial charge >= 0.3 is 0 Å². The van der Waals surface area contributed by atoms with E-state index in [0.717, 1.165) is 76.2 Å². The van der Waals surface area contributed by atoms with Crippen LogP contribution in [0.4, 0.5) is 0 Å². The van der Waals surface area contributed by atoms with Crippen LogP contribution < -0.4 is 0 Å². The molecule has 0 N–H and O–H groups in total. The lowest BCUT2D eigenvalue weighted by Crippen LogP contribution is -2.43. The Hall–Kier alpha value is -1.36. The molecule has 1 aromatic rings. The summed E-state index contributed by atoms with van der Waals surface area (Å²) in [5, 5.41) is 4.19. The number of aromatic nitrogens is 1. The third kappa shape index (κ3) is 3.48. The summed E-state index contributed by atoms with van der Waals surface area (Å²) in [6.07, 6.45) is 7.49. The Balaban J connectivity index is 1.48. The molecule has 25 heavy (non-hydrogen) atoms. The maximum absolute atomic E-state index is 13.2.